The van der Waals surface area contributed by atoms with E-state index < -0.39 is 0 Å². The minimum Gasteiger partial charge on any atom is -0.445 e. The van der Waals surface area contributed by atoms with Crippen molar-refractivity contribution in [1.29, 1.82) is 0 Å². The van der Waals surface area contributed by atoms with Crippen molar-refractivity contribution in [1.82, 2.24) is 10.3 Å². The molecule has 90 valence electrons. The molecule has 1 aliphatic carbocycles. The third-order valence-corrected chi connectivity index (χ3v) is 3.39. The Morgan fingerprint density at radius 1 is 1.31 bits per heavy atom. The molecule has 1 N–H and O–H groups in total. The number of aromatic nitrogens is 1. The molecule has 0 radical (unpaired) electrons. The topological polar surface area (TPSA) is 38.1 Å². The lowest BCUT2D eigenvalue weighted by Gasteiger charge is -2.31. The Hall–Kier alpha value is -0.830. The van der Waals surface area contributed by atoms with Gasteiger partial charge in [0.1, 0.15) is 5.76 Å². The lowest BCUT2D eigenvalue weighted by atomic mass is 9.80. The molecule has 0 aliphatic heterocycles. The number of oxazole rings is 1. The van der Waals surface area contributed by atoms with Gasteiger partial charge in [-0.2, -0.15) is 0 Å². The zero-order valence-electron chi connectivity index (χ0n) is 10.5. The molecule has 0 aromatic carbocycles. The largest absolute Gasteiger partial charge is 0.445 e. The molecule has 2 unspecified atom stereocenters. The minimum atomic E-state index is 0.631. The summed E-state index contributed by atoms with van der Waals surface area (Å²) < 4.78 is 5.45. The van der Waals surface area contributed by atoms with Crippen LogP contribution in [0.3, 0.4) is 0 Å². The van der Waals surface area contributed by atoms with Gasteiger partial charge >= 0.3 is 0 Å². The van der Waals surface area contributed by atoms with Gasteiger partial charge in [0.15, 0.2) is 0 Å². The van der Waals surface area contributed by atoms with E-state index in [1.54, 1.807) is 6.20 Å². The van der Waals surface area contributed by atoms with E-state index in [1.807, 2.05) is 6.92 Å². The molecule has 16 heavy (non-hydrogen) atoms. The number of hydrogen-bond donors (Lipinski definition) is 1. The van der Waals surface area contributed by atoms with Gasteiger partial charge < -0.3 is 9.73 Å². The molecule has 1 aliphatic rings. The molecule has 1 heterocycles. The lowest BCUT2D eigenvalue weighted by molar-refractivity contribution is 0.233. The van der Waals surface area contributed by atoms with Crippen LogP contribution in [-0.4, -0.2) is 11.0 Å². The average molecular weight is 222 g/mol. The van der Waals surface area contributed by atoms with Crippen LogP contribution in [0.15, 0.2) is 10.6 Å². The van der Waals surface area contributed by atoms with Crippen LogP contribution < -0.4 is 5.32 Å². The van der Waals surface area contributed by atoms with E-state index in [0.29, 0.717) is 6.04 Å². The third kappa shape index (κ3) is 3.08. The normalized spacial score (nSPS) is 30.6. The second-order valence-electron chi connectivity index (χ2n) is 5.36. The van der Waals surface area contributed by atoms with Crippen LogP contribution in [0.4, 0.5) is 0 Å². The van der Waals surface area contributed by atoms with Crippen LogP contribution in [0.25, 0.3) is 0 Å². The van der Waals surface area contributed by atoms with Crippen LogP contribution >= 0.6 is 0 Å². The molecular weight excluding hydrogens is 200 g/mol. The number of nitrogens with one attached hydrogen (secondary N) is 1. The maximum Gasteiger partial charge on any atom is 0.208 e. The highest BCUT2D eigenvalue weighted by molar-refractivity contribution is 4.91. The number of aryl methyl sites for hydroxylation is 1. The lowest BCUT2D eigenvalue weighted by Crippen LogP contribution is -2.35. The van der Waals surface area contributed by atoms with Crippen LogP contribution in [0, 0.1) is 18.8 Å². The maximum atomic E-state index is 5.45. The first-order chi connectivity index (χ1) is 7.63. The van der Waals surface area contributed by atoms with E-state index in [2.05, 4.69) is 24.1 Å². The van der Waals surface area contributed by atoms with Crippen molar-refractivity contribution in [2.45, 2.75) is 52.6 Å². The summed E-state index contributed by atoms with van der Waals surface area (Å²) in [5.74, 6) is 3.38. The first-order valence-electron chi connectivity index (χ1n) is 6.28. The third-order valence-electron chi connectivity index (χ3n) is 3.39. The second kappa shape index (κ2) is 5.00. The van der Waals surface area contributed by atoms with E-state index >= 15 is 0 Å². The Kier molecular flexibility index (Phi) is 3.64. The second-order valence-corrected chi connectivity index (χ2v) is 5.36. The summed E-state index contributed by atoms with van der Waals surface area (Å²) in [6, 6.07) is 0.631. The zero-order valence-corrected chi connectivity index (χ0v) is 10.5. The number of rotatable bonds is 3. The summed E-state index contributed by atoms with van der Waals surface area (Å²) in [5, 5.41) is 3.56. The van der Waals surface area contributed by atoms with Crippen LogP contribution in [0.5, 0.6) is 0 Å². The zero-order chi connectivity index (χ0) is 11.5. The van der Waals surface area contributed by atoms with Crippen molar-refractivity contribution in [3.63, 3.8) is 0 Å². The Morgan fingerprint density at radius 3 is 2.56 bits per heavy atom. The molecule has 0 saturated heterocycles. The van der Waals surface area contributed by atoms with Gasteiger partial charge in [-0.25, -0.2) is 4.98 Å². The highest BCUT2D eigenvalue weighted by atomic mass is 16.4. The molecule has 0 spiro atoms. The highest BCUT2D eigenvalue weighted by Gasteiger charge is 2.23. The smallest absolute Gasteiger partial charge is 0.208 e. The van der Waals surface area contributed by atoms with Gasteiger partial charge in [0.25, 0.3) is 0 Å². The van der Waals surface area contributed by atoms with Crippen molar-refractivity contribution >= 4 is 0 Å². The molecule has 1 saturated carbocycles. The maximum absolute atomic E-state index is 5.45. The number of nitrogens with zero attached hydrogens (tertiary/aromatic N) is 1. The predicted octanol–water partition coefficient (Wildman–Crippen LogP) is 2.90. The van der Waals surface area contributed by atoms with Crippen molar-refractivity contribution in [2.24, 2.45) is 11.8 Å². The summed E-state index contributed by atoms with van der Waals surface area (Å²) in [6.07, 6.45) is 5.72. The van der Waals surface area contributed by atoms with Crippen molar-refractivity contribution in [2.75, 3.05) is 0 Å². The van der Waals surface area contributed by atoms with Gasteiger partial charge in [-0.15, -0.1) is 0 Å². The molecule has 2 atom stereocenters. The summed E-state index contributed by atoms with van der Waals surface area (Å²) in [7, 11) is 0. The fraction of sp³-hybridized carbons (Fsp3) is 0.769. The fourth-order valence-electron chi connectivity index (χ4n) is 2.83. The first-order valence-corrected chi connectivity index (χ1v) is 6.28. The Labute approximate surface area is 97.6 Å². The molecule has 2 rings (SSSR count). The van der Waals surface area contributed by atoms with Gasteiger partial charge in [-0.1, -0.05) is 13.8 Å². The summed E-state index contributed by atoms with van der Waals surface area (Å²) >= 11 is 0. The Morgan fingerprint density at radius 2 is 2.00 bits per heavy atom. The van der Waals surface area contributed by atoms with Crippen LogP contribution in [-0.2, 0) is 6.54 Å². The van der Waals surface area contributed by atoms with E-state index in [-0.39, 0.29) is 0 Å². The molecule has 3 heteroatoms. The van der Waals surface area contributed by atoms with E-state index in [0.717, 1.165) is 30.0 Å². The van der Waals surface area contributed by atoms with Crippen LogP contribution in [0.2, 0.25) is 0 Å². The molecule has 1 fully saturated rings. The van der Waals surface area contributed by atoms with Gasteiger partial charge in [0, 0.05) is 6.04 Å². The Bertz CT molecular complexity index is 324. The Balaban J connectivity index is 1.81. The molecule has 0 amide bonds. The van der Waals surface area contributed by atoms with E-state index in [4.69, 9.17) is 4.42 Å². The summed E-state index contributed by atoms with van der Waals surface area (Å²) in [6.45, 7) is 7.39. The fourth-order valence-corrected chi connectivity index (χ4v) is 2.83. The molecule has 1 aromatic heterocycles. The van der Waals surface area contributed by atoms with Crippen molar-refractivity contribution in [3.8, 4) is 0 Å². The summed E-state index contributed by atoms with van der Waals surface area (Å²) in [5.41, 5.74) is 0. The summed E-state index contributed by atoms with van der Waals surface area (Å²) in [4.78, 5) is 4.21. The van der Waals surface area contributed by atoms with Crippen molar-refractivity contribution < 1.29 is 4.42 Å². The minimum absolute atomic E-state index is 0.631. The van der Waals surface area contributed by atoms with E-state index in [9.17, 15) is 0 Å². The molecule has 3 nitrogen and oxygen atoms in total. The van der Waals surface area contributed by atoms with Gasteiger partial charge in [-0.3, -0.25) is 0 Å². The molecular formula is C13H22N2O. The number of hydrogen-bond acceptors (Lipinski definition) is 3. The standard InChI is InChI=1S/C13H22N2O/c1-9-4-10(2)6-12(5-9)14-8-13-15-7-11(3)16-13/h7,9-10,12,14H,4-6,8H2,1-3H3. The monoisotopic (exact) mass is 222 g/mol. The molecule has 1 aromatic rings. The highest BCUT2D eigenvalue weighted by Crippen LogP contribution is 2.28. The first kappa shape index (κ1) is 11.6. The SMILES string of the molecule is Cc1cnc(CNC2CC(C)CC(C)C2)o1. The van der Waals surface area contributed by atoms with Gasteiger partial charge in [-0.05, 0) is 38.0 Å². The molecule has 0 bridgehead atoms. The van der Waals surface area contributed by atoms with Crippen molar-refractivity contribution in [3.05, 3.63) is 17.8 Å². The van der Waals surface area contributed by atoms with Gasteiger partial charge in [0.2, 0.25) is 5.89 Å². The quantitative estimate of drug-likeness (QED) is 0.854. The van der Waals surface area contributed by atoms with Crippen LogP contribution in [0.1, 0.15) is 44.8 Å². The predicted molar refractivity (Wildman–Crippen MR) is 64.0 cm³/mol. The van der Waals surface area contributed by atoms with Gasteiger partial charge in [0.05, 0.1) is 12.7 Å². The van der Waals surface area contributed by atoms with E-state index in [1.165, 1.54) is 19.3 Å². The average Bonchev–Trinajstić information content (AvgIpc) is 2.60.